The Bertz CT molecular complexity index is 1530. The Morgan fingerprint density at radius 3 is 1.46 bits per heavy atom. The van der Waals surface area contributed by atoms with Gasteiger partial charge in [0.2, 0.25) is 17.7 Å². The van der Waals surface area contributed by atoms with Crippen molar-refractivity contribution >= 4 is 23.4 Å². The molecule has 0 unspecified atom stereocenters. The number of hydrogen-bond acceptors (Lipinski definition) is 15. The van der Waals surface area contributed by atoms with E-state index in [-0.39, 0.29) is 37.9 Å². The number of amides is 3. The maximum absolute atomic E-state index is 13.6. The summed E-state index contributed by atoms with van der Waals surface area (Å²) in [4.78, 5) is 42.5. The summed E-state index contributed by atoms with van der Waals surface area (Å²) in [6.45, 7) is 12.9. The van der Waals surface area contributed by atoms with Gasteiger partial charge in [0.05, 0.1) is 132 Å². The molecule has 0 spiro atoms. The van der Waals surface area contributed by atoms with Crippen LogP contribution in [0.3, 0.4) is 0 Å². The van der Waals surface area contributed by atoms with Crippen LogP contribution in [0.25, 0.3) is 10.4 Å². The van der Waals surface area contributed by atoms with Crippen LogP contribution in [0.2, 0.25) is 0 Å². The number of rotatable bonds is 44. The molecule has 0 bridgehead atoms. The maximum Gasteiger partial charge on any atom is 0.246 e. The van der Waals surface area contributed by atoms with Crippen molar-refractivity contribution in [3.05, 3.63) is 83.1 Å². The van der Waals surface area contributed by atoms with Gasteiger partial charge in [0.25, 0.3) is 0 Å². The standard InChI is InChI=1S/C45H72N7O13/c1-38-10-12-40(13-11-38)49-44(54)41(9-5-6-15-46)51-45(55)42(37-39-7-3-2-4-8-39)50-43(53)14-17-56-19-21-58-23-25-60-27-29-62-31-33-64-35-36-65-34-32-63-30-28-61-26-24-59-22-20-57-18-16-48-52-47/h2-4,7-8,10-13,41-42H,1,5-6,9,14-37,46H2,(H,49,54)(H,50,53)(H,51,55)/t41-,42-/m0/s1. The molecule has 0 aliphatic heterocycles. The van der Waals surface area contributed by atoms with Crippen LogP contribution < -0.4 is 21.7 Å². The van der Waals surface area contributed by atoms with Gasteiger partial charge in [-0.15, -0.1) is 0 Å². The number of benzene rings is 2. The van der Waals surface area contributed by atoms with Crippen LogP contribution in [0.1, 0.15) is 36.8 Å². The molecule has 0 heterocycles. The molecule has 3 amide bonds. The Morgan fingerprint density at radius 1 is 0.569 bits per heavy atom. The molecule has 2 aromatic carbocycles. The van der Waals surface area contributed by atoms with E-state index in [1.807, 2.05) is 30.3 Å². The van der Waals surface area contributed by atoms with Crippen LogP contribution in [0.5, 0.6) is 0 Å². The minimum absolute atomic E-state index is 0.0394. The maximum atomic E-state index is 13.6. The summed E-state index contributed by atoms with van der Waals surface area (Å²) in [6, 6.07) is 14.7. The molecule has 365 valence electrons. The van der Waals surface area contributed by atoms with Crippen LogP contribution in [0.15, 0.2) is 59.7 Å². The summed E-state index contributed by atoms with van der Waals surface area (Å²) >= 11 is 0. The predicted octanol–water partition coefficient (Wildman–Crippen LogP) is 3.01. The lowest BCUT2D eigenvalue weighted by atomic mass is 10.0. The first-order valence-electron chi connectivity index (χ1n) is 22.3. The quantitative estimate of drug-likeness (QED) is 0.0323. The number of carbonyl (C=O) groups excluding carboxylic acids is 3. The van der Waals surface area contributed by atoms with Gasteiger partial charge in [-0.3, -0.25) is 14.4 Å². The fourth-order valence-electron chi connectivity index (χ4n) is 5.57. The van der Waals surface area contributed by atoms with Gasteiger partial charge in [-0.1, -0.05) is 47.6 Å². The molecule has 65 heavy (non-hydrogen) atoms. The van der Waals surface area contributed by atoms with Gasteiger partial charge >= 0.3 is 0 Å². The highest BCUT2D eigenvalue weighted by Crippen LogP contribution is 2.12. The zero-order valence-corrected chi connectivity index (χ0v) is 37.9. The van der Waals surface area contributed by atoms with Crippen molar-refractivity contribution in [1.29, 1.82) is 0 Å². The van der Waals surface area contributed by atoms with Crippen LogP contribution in [-0.2, 0) is 68.2 Å². The number of azide groups is 1. The molecule has 0 saturated carbocycles. The third-order valence-corrected chi connectivity index (χ3v) is 8.96. The van der Waals surface area contributed by atoms with Crippen molar-refractivity contribution in [3.8, 4) is 0 Å². The number of anilines is 1. The van der Waals surface area contributed by atoms with E-state index in [2.05, 4.69) is 32.9 Å². The third-order valence-electron chi connectivity index (χ3n) is 8.96. The van der Waals surface area contributed by atoms with Crippen LogP contribution >= 0.6 is 0 Å². The largest absolute Gasteiger partial charge is 0.379 e. The molecule has 20 heteroatoms. The number of unbranched alkanes of at least 4 members (excludes halogenated alkanes) is 1. The predicted molar refractivity (Wildman–Crippen MR) is 243 cm³/mol. The molecule has 0 aromatic heterocycles. The van der Waals surface area contributed by atoms with Crippen LogP contribution in [0, 0.1) is 6.92 Å². The lowest BCUT2D eigenvalue weighted by Gasteiger charge is -2.23. The Labute approximate surface area is 383 Å². The average Bonchev–Trinajstić information content (AvgIpc) is 3.31. The van der Waals surface area contributed by atoms with E-state index in [0.717, 1.165) is 11.1 Å². The van der Waals surface area contributed by atoms with Crippen molar-refractivity contribution < 1.29 is 61.8 Å². The number of carbonyl (C=O) groups is 3. The summed E-state index contributed by atoms with van der Waals surface area (Å²) in [6.07, 6.45) is 2.01. The number of nitrogens with zero attached hydrogens (tertiary/aromatic N) is 3. The molecule has 0 saturated heterocycles. The normalized spacial score (nSPS) is 12.0. The molecular weight excluding hydrogens is 847 g/mol. The average molecular weight is 919 g/mol. The molecule has 0 aliphatic rings. The van der Waals surface area contributed by atoms with Gasteiger partial charge < -0.3 is 69.1 Å². The van der Waals surface area contributed by atoms with Crippen molar-refractivity contribution in [1.82, 2.24) is 10.6 Å². The third kappa shape index (κ3) is 32.9. The topological polar surface area (TPSA) is 254 Å². The minimum Gasteiger partial charge on any atom is -0.379 e. The molecular formula is C45H72N7O13. The monoisotopic (exact) mass is 919 g/mol. The second-order valence-electron chi connectivity index (χ2n) is 14.2. The second kappa shape index (κ2) is 41.2. The lowest BCUT2D eigenvalue weighted by molar-refractivity contribution is -0.131. The van der Waals surface area contributed by atoms with Gasteiger partial charge in [0.15, 0.2) is 0 Å². The molecule has 0 fully saturated rings. The van der Waals surface area contributed by atoms with E-state index in [9.17, 15) is 14.4 Å². The summed E-state index contributed by atoms with van der Waals surface area (Å²) in [5.41, 5.74) is 16.1. The summed E-state index contributed by atoms with van der Waals surface area (Å²) in [5.74, 6) is -1.17. The molecule has 2 aromatic rings. The number of nitrogens with one attached hydrogen (secondary N) is 3. The molecule has 20 nitrogen and oxygen atoms in total. The van der Waals surface area contributed by atoms with Crippen LogP contribution in [-0.4, -0.2) is 175 Å². The van der Waals surface area contributed by atoms with E-state index in [4.69, 9.17) is 58.6 Å². The van der Waals surface area contributed by atoms with Gasteiger partial charge in [0.1, 0.15) is 12.1 Å². The zero-order valence-electron chi connectivity index (χ0n) is 37.9. The SMILES string of the molecule is [CH2]c1ccc(NC(=O)[C@H](CCCCN)NC(=O)[C@H](Cc2ccccc2)NC(=O)CCOCCOCCOCCOCCOCCOCCOCCOCCOCCOCCN=[N+]=[N-])cc1. The molecule has 5 N–H and O–H groups in total. The van der Waals surface area contributed by atoms with Crippen molar-refractivity contribution in [2.75, 3.05) is 151 Å². The highest BCUT2D eigenvalue weighted by molar-refractivity contribution is 5.98. The van der Waals surface area contributed by atoms with Crippen molar-refractivity contribution in [3.63, 3.8) is 0 Å². The van der Waals surface area contributed by atoms with Crippen molar-refractivity contribution in [2.45, 2.75) is 44.2 Å². The summed E-state index contributed by atoms with van der Waals surface area (Å²) in [5, 5.41) is 11.9. The molecule has 2 rings (SSSR count). The van der Waals surface area contributed by atoms with E-state index in [1.165, 1.54) is 0 Å². The second-order valence-corrected chi connectivity index (χ2v) is 14.2. The van der Waals surface area contributed by atoms with Crippen LogP contribution in [0.4, 0.5) is 5.69 Å². The first-order chi connectivity index (χ1) is 31.9. The number of hydrogen-bond donors (Lipinski definition) is 4. The molecule has 2 atom stereocenters. The lowest BCUT2D eigenvalue weighted by Crippen LogP contribution is -2.53. The highest BCUT2D eigenvalue weighted by Gasteiger charge is 2.27. The Balaban J connectivity index is 1.44. The van der Waals surface area contributed by atoms with Gasteiger partial charge in [-0.2, -0.15) is 0 Å². The molecule has 0 aliphatic carbocycles. The fraction of sp³-hybridized carbons (Fsp3) is 0.644. The smallest absolute Gasteiger partial charge is 0.246 e. The van der Waals surface area contributed by atoms with E-state index < -0.39 is 18.0 Å². The van der Waals surface area contributed by atoms with Crippen molar-refractivity contribution in [2.24, 2.45) is 10.8 Å². The molecule has 1 radical (unpaired) electrons. The first kappa shape index (κ1) is 56.8. The van der Waals surface area contributed by atoms with E-state index >= 15 is 0 Å². The summed E-state index contributed by atoms with van der Waals surface area (Å²) < 4.78 is 54.7. The first-order valence-corrected chi connectivity index (χ1v) is 22.3. The highest BCUT2D eigenvalue weighted by atomic mass is 16.6. The summed E-state index contributed by atoms with van der Waals surface area (Å²) in [7, 11) is 0. The Morgan fingerprint density at radius 2 is 1.02 bits per heavy atom. The number of nitrogens with two attached hydrogens (primary N) is 1. The Kier molecular flexibility index (Phi) is 36.0. The van der Waals surface area contributed by atoms with Gasteiger partial charge in [-0.05, 0) is 61.5 Å². The van der Waals surface area contributed by atoms with E-state index in [1.54, 1.807) is 24.3 Å². The van der Waals surface area contributed by atoms with Gasteiger partial charge in [-0.25, -0.2) is 0 Å². The fourth-order valence-corrected chi connectivity index (χ4v) is 5.57. The van der Waals surface area contributed by atoms with E-state index in [0.29, 0.717) is 157 Å². The van der Waals surface area contributed by atoms with Gasteiger partial charge in [0, 0.05) is 30.0 Å². The Hall–Kier alpha value is -4.28. The number of ether oxygens (including phenoxy) is 10. The zero-order chi connectivity index (χ0) is 46.7. The minimum atomic E-state index is -0.913.